The van der Waals surface area contributed by atoms with Crippen LogP contribution in [0.2, 0.25) is 0 Å². The summed E-state index contributed by atoms with van der Waals surface area (Å²) in [6.07, 6.45) is 12.2. The Labute approximate surface area is 165 Å². The summed E-state index contributed by atoms with van der Waals surface area (Å²) < 4.78 is 4.90. The molecule has 0 aliphatic heterocycles. The summed E-state index contributed by atoms with van der Waals surface area (Å²) in [5.74, 6) is 0. The van der Waals surface area contributed by atoms with Crippen LogP contribution in [0.25, 0.3) is 0 Å². The van der Waals surface area contributed by atoms with Gasteiger partial charge in [0, 0.05) is 0 Å². The van der Waals surface area contributed by atoms with Gasteiger partial charge in [-0.2, -0.15) is 0 Å². The monoisotopic (exact) mass is 370 g/mol. The fourth-order valence-electron chi connectivity index (χ4n) is 0.235. The van der Waals surface area contributed by atoms with Crippen molar-refractivity contribution in [3.63, 3.8) is 0 Å². The van der Waals surface area contributed by atoms with E-state index >= 15 is 0 Å². The third-order valence-electron chi connectivity index (χ3n) is 0.571. The Bertz CT molecular complexity index is 199. The van der Waals surface area contributed by atoms with E-state index in [2.05, 4.69) is 46.1 Å². The number of rotatable bonds is 5. The number of ether oxygens (including phenoxy) is 1. The van der Waals surface area contributed by atoms with Crippen LogP contribution in [0, 0.1) is 0 Å². The molecule has 3 nitrogen and oxygen atoms in total. The molecule has 26 heavy (non-hydrogen) atoms. The van der Waals surface area contributed by atoms with E-state index in [1.165, 1.54) is 0 Å². The Morgan fingerprint density at radius 2 is 0.692 bits per heavy atom. The zero-order valence-corrected chi connectivity index (χ0v) is 18.1. The van der Waals surface area contributed by atoms with Gasteiger partial charge in [0.1, 0.15) is 0 Å². The van der Waals surface area contributed by atoms with E-state index in [4.69, 9.17) is 14.9 Å². The van der Waals surface area contributed by atoms with Crippen molar-refractivity contribution in [2.75, 3.05) is 26.4 Å². The molecule has 0 aromatic heterocycles. The Kier molecular flexibility index (Phi) is 187. The molecule has 0 spiro atoms. The fraction of sp³-hybridized carbons (Fsp3) is 0.391. The lowest BCUT2D eigenvalue weighted by molar-refractivity contribution is 0.186. The van der Waals surface area contributed by atoms with Crippen molar-refractivity contribution in [2.24, 2.45) is 0 Å². The van der Waals surface area contributed by atoms with E-state index in [-0.39, 0.29) is 13.2 Å². The summed E-state index contributed by atoms with van der Waals surface area (Å²) in [7, 11) is 0. The number of hydrogen-bond acceptors (Lipinski definition) is 3. The smallest absolute Gasteiger partial charge is 0.0662 e. The van der Waals surface area contributed by atoms with Crippen molar-refractivity contribution in [1.82, 2.24) is 0 Å². The largest absolute Gasteiger partial charge is 0.394 e. The molecule has 156 valence electrons. The number of allylic oxidation sites excluding steroid dienone is 5. The van der Waals surface area contributed by atoms with E-state index in [0.29, 0.717) is 13.2 Å². The van der Waals surface area contributed by atoms with Gasteiger partial charge in [0.25, 0.3) is 0 Å². The molecule has 0 heterocycles. The highest BCUT2D eigenvalue weighted by atomic mass is 16.5. The summed E-state index contributed by atoms with van der Waals surface area (Å²) in [5.41, 5.74) is 0. The standard InChI is InChI=1S/C6H10O.5C3H6.C2H6O2/c1-3-5-7-6-4-2;5*1-3-2;3-1-2-4/h3-4H,1-2,5-6H2;5*3H,1H2,2H3;3-4H,1-2H2. The molecule has 0 bridgehead atoms. The van der Waals surface area contributed by atoms with Gasteiger partial charge in [-0.3, -0.25) is 0 Å². The fourth-order valence-corrected chi connectivity index (χ4v) is 0.235. The van der Waals surface area contributed by atoms with Gasteiger partial charge in [0.2, 0.25) is 0 Å². The third kappa shape index (κ3) is 1040. The van der Waals surface area contributed by atoms with Gasteiger partial charge in [-0.05, 0) is 34.6 Å². The molecular weight excluding hydrogens is 324 g/mol. The molecule has 0 fully saturated rings. The molecule has 0 radical (unpaired) electrons. The van der Waals surface area contributed by atoms with Crippen LogP contribution < -0.4 is 0 Å². The minimum absolute atomic E-state index is 0.125. The molecule has 0 saturated carbocycles. The number of hydrogen-bond donors (Lipinski definition) is 2. The van der Waals surface area contributed by atoms with Gasteiger partial charge in [0.05, 0.1) is 26.4 Å². The first-order valence-corrected chi connectivity index (χ1v) is 8.27. The topological polar surface area (TPSA) is 49.7 Å². The van der Waals surface area contributed by atoms with Gasteiger partial charge in [0.15, 0.2) is 0 Å². The molecule has 0 aliphatic carbocycles. The molecule has 0 unspecified atom stereocenters. The molecular formula is C23H46O3. The predicted molar refractivity (Wildman–Crippen MR) is 125 cm³/mol. The van der Waals surface area contributed by atoms with Crippen molar-refractivity contribution >= 4 is 0 Å². The second kappa shape index (κ2) is 111. The van der Waals surface area contributed by atoms with Gasteiger partial charge in [-0.1, -0.05) is 42.5 Å². The molecule has 0 aromatic rings. The van der Waals surface area contributed by atoms with E-state index in [1.807, 2.05) is 34.6 Å². The first-order valence-electron chi connectivity index (χ1n) is 8.27. The van der Waals surface area contributed by atoms with E-state index < -0.39 is 0 Å². The van der Waals surface area contributed by atoms with Gasteiger partial charge in [-0.15, -0.1) is 46.1 Å². The second-order valence-corrected chi connectivity index (χ2v) is 3.60. The zero-order valence-electron chi connectivity index (χ0n) is 18.1. The molecule has 0 aliphatic rings. The SMILES string of the molecule is C=CC.C=CC.C=CC.C=CC.C=CC.C=CCOCC=C.OCCO. The quantitative estimate of drug-likeness (QED) is 0.440. The number of aliphatic hydroxyl groups excluding tert-OH is 2. The van der Waals surface area contributed by atoms with Crippen LogP contribution in [-0.2, 0) is 4.74 Å². The average Bonchev–Trinajstić information content (AvgIpc) is 2.59. The van der Waals surface area contributed by atoms with Gasteiger partial charge in [-0.25, -0.2) is 0 Å². The lowest BCUT2D eigenvalue weighted by Gasteiger charge is -1.89. The van der Waals surface area contributed by atoms with Crippen molar-refractivity contribution < 1.29 is 14.9 Å². The maximum Gasteiger partial charge on any atom is 0.0662 e. The molecule has 0 saturated heterocycles. The minimum atomic E-state index is -0.125. The summed E-state index contributed by atoms with van der Waals surface area (Å²) in [6, 6.07) is 0. The van der Waals surface area contributed by atoms with E-state index in [0.717, 1.165) is 0 Å². The van der Waals surface area contributed by atoms with Crippen molar-refractivity contribution in [3.8, 4) is 0 Å². The van der Waals surface area contributed by atoms with Crippen LogP contribution in [0.1, 0.15) is 34.6 Å². The zero-order chi connectivity index (χ0) is 22.5. The van der Waals surface area contributed by atoms with Crippen LogP contribution in [0.4, 0.5) is 0 Å². The second-order valence-electron chi connectivity index (χ2n) is 3.60. The third-order valence-corrected chi connectivity index (χ3v) is 0.571. The Morgan fingerprint density at radius 1 is 0.538 bits per heavy atom. The van der Waals surface area contributed by atoms with Crippen LogP contribution in [0.5, 0.6) is 0 Å². The average molecular weight is 371 g/mol. The highest BCUT2D eigenvalue weighted by Crippen LogP contribution is 1.72. The summed E-state index contributed by atoms with van der Waals surface area (Å²) >= 11 is 0. The van der Waals surface area contributed by atoms with Crippen LogP contribution in [0.15, 0.2) is 88.6 Å². The lowest BCUT2D eigenvalue weighted by atomic mass is 10.6. The molecule has 0 rings (SSSR count). The Hall–Kier alpha value is -1.94. The van der Waals surface area contributed by atoms with Crippen LogP contribution in [0.3, 0.4) is 0 Å². The van der Waals surface area contributed by atoms with Gasteiger partial charge < -0.3 is 14.9 Å². The highest BCUT2D eigenvalue weighted by molar-refractivity contribution is 4.68. The lowest BCUT2D eigenvalue weighted by Crippen LogP contribution is -1.87. The summed E-state index contributed by atoms with van der Waals surface area (Å²) in [6.45, 7) is 34.2. The van der Waals surface area contributed by atoms with Crippen LogP contribution in [-0.4, -0.2) is 36.6 Å². The Morgan fingerprint density at radius 3 is 0.769 bits per heavy atom. The summed E-state index contributed by atoms with van der Waals surface area (Å²) in [4.78, 5) is 0. The van der Waals surface area contributed by atoms with Crippen molar-refractivity contribution in [2.45, 2.75) is 34.6 Å². The number of aliphatic hydroxyl groups is 2. The molecule has 2 N–H and O–H groups in total. The van der Waals surface area contributed by atoms with Gasteiger partial charge >= 0.3 is 0 Å². The molecule has 0 atom stereocenters. The van der Waals surface area contributed by atoms with Crippen LogP contribution >= 0.6 is 0 Å². The first kappa shape index (κ1) is 44.0. The minimum Gasteiger partial charge on any atom is -0.394 e. The van der Waals surface area contributed by atoms with Crippen molar-refractivity contribution in [1.29, 1.82) is 0 Å². The maximum absolute atomic E-state index is 7.62. The van der Waals surface area contributed by atoms with E-state index in [1.54, 1.807) is 42.5 Å². The van der Waals surface area contributed by atoms with E-state index in [9.17, 15) is 0 Å². The first-order chi connectivity index (χ1) is 12.4. The normalized spacial score (nSPS) is 5.81. The predicted octanol–water partition coefficient (Wildman–Crippen LogP) is 6.31. The molecule has 0 aromatic carbocycles. The molecule has 3 heteroatoms. The highest BCUT2D eigenvalue weighted by Gasteiger charge is 1.70. The Balaban J connectivity index is -0.0000000337. The molecule has 0 amide bonds. The maximum atomic E-state index is 7.62. The van der Waals surface area contributed by atoms with Crippen molar-refractivity contribution in [3.05, 3.63) is 88.6 Å². The summed E-state index contributed by atoms with van der Waals surface area (Å²) in [5, 5.41) is 15.2.